The summed E-state index contributed by atoms with van der Waals surface area (Å²) in [4.78, 5) is 38.4. The first kappa shape index (κ1) is 76.1. The van der Waals surface area contributed by atoms with Gasteiger partial charge in [0.2, 0.25) is 0 Å². The summed E-state index contributed by atoms with van der Waals surface area (Å²) in [5.74, 6) is -0.914. The van der Waals surface area contributed by atoms with E-state index in [0.717, 1.165) is 116 Å². The van der Waals surface area contributed by atoms with Crippen molar-refractivity contribution in [1.29, 1.82) is 0 Å². The van der Waals surface area contributed by atoms with Crippen LogP contribution in [0.25, 0.3) is 0 Å². The number of carbonyl (C=O) groups excluding carboxylic acids is 3. The fourth-order valence-corrected chi connectivity index (χ4v) is 9.45. The second kappa shape index (κ2) is 67.6. The molecule has 0 aromatic heterocycles. The maximum atomic E-state index is 12.9. The molecule has 80 heavy (non-hydrogen) atoms. The third-order valence-electron chi connectivity index (χ3n) is 14.5. The molecule has 1 atom stereocenters. The van der Waals surface area contributed by atoms with E-state index < -0.39 is 6.10 Å². The van der Waals surface area contributed by atoms with Gasteiger partial charge in [0.05, 0.1) is 0 Å². The average molecular weight is 1110 g/mol. The minimum atomic E-state index is -0.797. The molecule has 0 aromatic carbocycles. The molecule has 0 heterocycles. The van der Waals surface area contributed by atoms with Gasteiger partial charge in [0.1, 0.15) is 13.2 Å². The Kier molecular flexibility index (Phi) is 64.3. The molecule has 6 nitrogen and oxygen atoms in total. The smallest absolute Gasteiger partial charge is 0.306 e. The Hall–Kier alpha value is -3.93. The van der Waals surface area contributed by atoms with Crippen LogP contribution < -0.4 is 0 Å². The Morgan fingerprint density at radius 1 is 0.263 bits per heavy atom. The van der Waals surface area contributed by atoms with Gasteiger partial charge < -0.3 is 14.2 Å². The molecule has 0 aromatic rings. The molecule has 0 spiro atoms. The zero-order chi connectivity index (χ0) is 57.8. The summed E-state index contributed by atoms with van der Waals surface area (Å²) < 4.78 is 17.0. The molecule has 0 rings (SSSR count). The maximum Gasteiger partial charge on any atom is 0.306 e. The molecule has 458 valence electrons. The van der Waals surface area contributed by atoms with E-state index in [9.17, 15) is 14.4 Å². The van der Waals surface area contributed by atoms with E-state index >= 15 is 0 Å². The molecule has 0 fully saturated rings. The number of esters is 3. The van der Waals surface area contributed by atoms with Crippen LogP contribution in [0.5, 0.6) is 0 Å². The second-order valence-electron chi connectivity index (χ2n) is 22.4. The number of unbranched alkanes of at least 4 members (excludes halogenated alkanes) is 32. The van der Waals surface area contributed by atoms with E-state index in [0.29, 0.717) is 19.3 Å². The monoisotopic (exact) mass is 1110 g/mol. The minimum Gasteiger partial charge on any atom is -0.462 e. The van der Waals surface area contributed by atoms with Crippen molar-refractivity contribution < 1.29 is 28.6 Å². The third-order valence-corrected chi connectivity index (χ3v) is 14.5. The Labute approximate surface area is 495 Å². The summed E-state index contributed by atoms with van der Waals surface area (Å²) in [7, 11) is 0. The van der Waals surface area contributed by atoms with Crippen LogP contribution in [0.15, 0.2) is 109 Å². The van der Waals surface area contributed by atoms with Gasteiger partial charge in [-0.1, -0.05) is 304 Å². The lowest BCUT2D eigenvalue weighted by molar-refractivity contribution is -0.167. The van der Waals surface area contributed by atoms with E-state index in [1.165, 1.54) is 167 Å². The van der Waals surface area contributed by atoms with Crippen LogP contribution in [0.4, 0.5) is 0 Å². The molecule has 0 N–H and O–H groups in total. The highest BCUT2D eigenvalue weighted by atomic mass is 16.6. The highest BCUT2D eigenvalue weighted by Crippen LogP contribution is 2.17. The lowest BCUT2D eigenvalue weighted by atomic mass is 10.0. The number of hydrogen-bond donors (Lipinski definition) is 0. The zero-order valence-corrected chi connectivity index (χ0v) is 52.6. The fraction of sp³-hybridized carbons (Fsp3) is 0.716. The van der Waals surface area contributed by atoms with Gasteiger partial charge in [-0.25, -0.2) is 0 Å². The molecule has 0 radical (unpaired) electrons. The number of rotatable bonds is 61. The van der Waals surface area contributed by atoms with Gasteiger partial charge >= 0.3 is 17.9 Å². The van der Waals surface area contributed by atoms with Crippen molar-refractivity contribution in [2.45, 2.75) is 329 Å². The molecule has 6 heteroatoms. The van der Waals surface area contributed by atoms with Gasteiger partial charge in [-0.05, 0) is 109 Å². The van der Waals surface area contributed by atoms with Crippen molar-refractivity contribution >= 4 is 17.9 Å². The lowest BCUT2D eigenvalue weighted by Gasteiger charge is -2.18. The normalized spacial score (nSPS) is 12.8. The van der Waals surface area contributed by atoms with Crippen molar-refractivity contribution in [3.8, 4) is 0 Å². The quantitative estimate of drug-likeness (QED) is 0.0261. The van der Waals surface area contributed by atoms with Crippen LogP contribution >= 0.6 is 0 Å². The summed E-state index contributed by atoms with van der Waals surface area (Å²) in [6.07, 6.45) is 92.4. The van der Waals surface area contributed by atoms with Crippen LogP contribution in [0.3, 0.4) is 0 Å². The predicted octanol–water partition coefficient (Wildman–Crippen LogP) is 23.4. The van der Waals surface area contributed by atoms with Crippen molar-refractivity contribution in [1.82, 2.24) is 0 Å². The predicted molar refractivity (Wildman–Crippen MR) is 348 cm³/mol. The van der Waals surface area contributed by atoms with Gasteiger partial charge in [0.25, 0.3) is 0 Å². The molecule has 0 aliphatic heterocycles. The number of hydrogen-bond acceptors (Lipinski definition) is 6. The average Bonchev–Trinajstić information content (AvgIpc) is 3.46. The number of ether oxygens (including phenoxy) is 3. The van der Waals surface area contributed by atoms with E-state index in [1.807, 2.05) is 0 Å². The Bertz CT molecular complexity index is 1610. The highest BCUT2D eigenvalue weighted by molar-refractivity contribution is 5.71. The number of carbonyl (C=O) groups is 3. The molecule has 0 saturated carbocycles. The Morgan fingerprint density at radius 3 is 0.800 bits per heavy atom. The summed E-state index contributed by atoms with van der Waals surface area (Å²) >= 11 is 0. The largest absolute Gasteiger partial charge is 0.462 e. The maximum absolute atomic E-state index is 12.9. The zero-order valence-electron chi connectivity index (χ0n) is 52.6. The molecule has 0 bridgehead atoms. The lowest BCUT2D eigenvalue weighted by Crippen LogP contribution is -2.30. The van der Waals surface area contributed by atoms with Gasteiger partial charge in [0.15, 0.2) is 6.10 Å². The van der Waals surface area contributed by atoms with Crippen molar-refractivity contribution in [3.63, 3.8) is 0 Å². The topological polar surface area (TPSA) is 78.9 Å². The molecule has 0 saturated heterocycles. The van der Waals surface area contributed by atoms with Gasteiger partial charge in [-0.15, -0.1) is 0 Å². The van der Waals surface area contributed by atoms with E-state index in [2.05, 4.69) is 130 Å². The first-order valence-electron chi connectivity index (χ1n) is 33.9. The van der Waals surface area contributed by atoms with Crippen molar-refractivity contribution in [2.24, 2.45) is 0 Å². The van der Waals surface area contributed by atoms with E-state index in [1.54, 1.807) is 0 Å². The Morgan fingerprint density at radius 2 is 0.487 bits per heavy atom. The summed E-state index contributed by atoms with van der Waals surface area (Å²) in [6, 6.07) is 0. The molecule has 0 aliphatic rings. The summed E-state index contributed by atoms with van der Waals surface area (Å²) in [5, 5.41) is 0. The van der Waals surface area contributed by atoms with Crippen LogP contribution in [-0.4, -0.2) is 37.2 Å². The SMILES string of the molecule is CC/C=C\C/C=C\C/C=C\C/C=C\C/C=C\C/C=C\C/C=C\CCCCCC(=O)OCC(COC(=O)CCCCCCCCCCCCCCCCCCCC)OC(=O)CCCCCCCCCCC/C=C\C/C=C\CCCCC. The molecule has 1 unspecified atom stereocenters. The molecular formula is C74H126O6. The van der Waals surface area contributed by atoms with Crippen LogP contribution in [0.1, 0.15) is 323 Å². The van der Waals surface area contributed by atoms with E-state index in [4.69, 9.17) is 14.2 Å². The van der Waals surface area contributed by atoms with Crippen LogP contribution in [-0.2, 0) is 28.6 Å². The molecule has 0 aliphatic carbocycles. The Balaban J connectivity index is 4.44. The van der Waals surface area contributed by atoms with Gasteiger partial charge in [-0.2, -0.15) is 0 Å². The second-order valence-corrected chi connectivity index (χ2v) is 22.4. The highest BCUT2D eigenvalue weighted by Gasteiger charge is 2.19. The summed E-state index contributed by atoms with van der Waals surface area (Å²) in [5.41, 5.74) is 0. The van der Waals surface area contributed by atoms with Crippen molar-refractivity contribution in [2.75, 3.05) is 13.2 Å². The molecule has 0 amide bonds. The van der Waals surface area contributed by atoms with E-state index in [-0.39, 0.29) is 31.1 Å². The van der Waals surface area contributed by atoms with Gasteiger partial charge in [0, 0.05) is 19.3 Å². The van der Waals surface area contributed by atoms with Crippen molar-refractivity contribution in [3.05, 3.63) is 109 Å². The fourth-order valence-electron chi connectivity index (χ4n) is 9.45. The third kappa shape index (κ3) is 64.9. The van der Waals surface area contributed by atoms with Gasteiger partial charge in [-0.3, -0.25) is 14.4 Å². The first-order chi connectivity index (χ1) is 39.5. The number of allylic oxidation sites excluding steroid dienone is 18. The molecular weight excluding hydrogens is 985 g/mol. The first-order valence-corrected chi connectivity index (χ1v) is 33.9. The standard InChI is InChI=1S/C74H126O6/c1-4-7-10-13-16-19-22-25-28-31-34-35-36-37-38-39-41-43-46-49-52-55-58-61-64-67-73(76)79-70-71(69-78-72(75)66-63-60-57-54-51-48-45-42-33-30-27-24-21-18-15-12-9-6-3)80-74(77)68-65-62-59-56-53-50-47-44-40-32-29-26-23-20-17-14-11-8-5-2/h7,10,16-17,19-20,25-26,28-29,34-35,37-38,41,43,49,52,71H,4-6,8-9,11-15,18,21-24,27,30-33,36,39-40,42,44-48,50-51,53-70H2,1-3H3/b10-7-,19-16-,20-17-,28-25-,29-26-,35-34-,38-37-,43-41-,52-49-. The van der Waals surface area contributed by atoms with Crippen LogP contribution in [0, 0.1) is 0 Å². The minimum absolute atomic E-state index is 0.0887. The van der Waals surface area contributed by atoms with Crippen LogP contribution in [0.2, 0.25) is 0 Å². The summed E-state index contributed by atoms with van der Waals surface area (Å²) in [6.45, 7) is 6.51.